The van der Waals surface area contributed by atoms with E-state index >= 15 is 0 Å². The molecule has 0 aromatic heterocycles. The lowest BCUT2D eigenvalue weighted by Crippen LogP contribution is -2.36. The molecule has 1 amide bonds. The number of fused-ring (bicyclic) bond motifs is 1. The van der Waals surface area contributed by atoms with Crippen LogP contribution in [-0.4, -0.2) is 29.9 Å². The molecule has 1 heterocycles. The van der Waals surface area contributed by atoms with Crippen molar-refractivity contribution in [3.8, 4) is 0 Å². The van der Waals surface area contributed by atoms with Crippen LogP contribution in [0.5, 0.6) is 0 Å². The van der Waals surface area contributed by atoms with Crippen molar-refractivity contribution in [3.63, 3.8) is 0 Å². The van der Waals surface area contributed by atoms with Crippen molar-refractivity contribution >= 4 is 11.9 Å². The zero-order valence-electron chi connectivity index (χ0n) is 12.3. The smallest absolute Gasteiger partial charge is 0.339 e. The average molecular weight is 275 g/mol. The Morgan fingerprint density at radius 2 is 1.95 bits per heavy atom. The normalized spacial score (nSPS) is 17.0. The molecule has 0 spiro atoms. The van der Waals surface area contributed by atoms with Gasteiger partial charge in [0.05, 0.1) is 12.0 Å². The highest BCUT2D eigenvalue weighted by atomic mass is 16.5. The van der Waals surface area contributed by atoms with Crippen molar-refractivity contribution in [2.24, 2.45) is 0 Å². The fourth-order valence-electron chi connectivity index (χ4n) is 2.71. The number of amides is 1. The highest BCUT2D eigenvalue weighted by molar-refractivity contribution is 5.94. The molecule has 0 saturated carbocycles. The van der Waals surface area contributed by atoms with Gasteiger partial charge in [-0.15, -0.1) is 0 Å². The maximum atomic E-state index is 12.3. The standard InChI is InChI=1S/C16H21NO3/c1-4-11(5-2)17(3)15(18)10-14-12-8-6-7-9-13(12)16(19)20-14/h6-9,11,14H,4-5,10H2,1-3H3/t14-/m1/s1. The van der Waals surface area contributed by atoms with E-state index < -0.39 is 6.10 Å². The van der Waals surface area contributed by atoms with Gasteiger partial charge in [0.1, 0.15) is 6.10 Å². The maximum Gasteiger partial charge on any atom is 0.339 e. The van der Waals surface area contributed by atoms with Crippen LogP contribution in [0.2, 0.25) is 0 Å². The first-order valence-corrected chi connectivity index (χ1v) is 7.14. The second kappa shape index (κ2) is 6.07. The topological polar surface area (TPSA) is 46.6 Å². The molecule has 0 saturated heterocycles. The quantitative estimate of drug-likeness (QED) is 0.776. The minimum Gasteiger partial charge on any atom is -0.453 e. The van der Waals surface area contributed by atoms with Crippen LogP contribution < -0.4 is 0 Å². The van der Waals surface area contributed by atoms with Crippen LogP contribution in [0, 0.1) is 0 Å². The lowest BCUT2D eigenvalue weighted by atomic mass is 10.0. The third-order valence-electron chi connectivity index (χ3n) is 4.02. The molecule has 4 nitrogen and oxygen atoms in total. The number of hydrogen-bond donors (Lipinski definition) is 0. The Morgan fingerprint density at radius 1 is 1.30 bits per heavy atom. The Balaban J connectivity index is 2.08. The summed E-state index contributed by atoms with van der Waals surface area (Å²) in [6.45, 7) is 4.14. The summed E-state index contributed by atoms with van der Waals surface area (Å²) in [6, 6.07) is 7.51. The molecule has 108 valence electrons. The third kappa shape index (κ3) is 2.69. The van der Waals surface area contributed by atoms with Gasteiger partial charge < -0.3 is 9.64 Å². The van der Waals surface area contributed by atoms with Crippen LogP contribution in [0.4, 0.5) is 0 Å². The third-order valence-corrected chi connectivity index (χ3v) is 4.02. The fourth-order valence-corrected chi connectivity index (χ4v) is 2.71. The van der Waals surface area contributed by atoms with Gasteiger partial charge in [0, 0.05) is 18.7 Å². The second-order valence-electron chi connectivity index (χ2n) is 5.16. The van der Waals surface area contributed by atoms with Crippen molar-refractivity contribution in [3.05, 3.63) is 35.4 Å². The van der Waals surface area contributed by atoms with Gasteiger partial charge in [0.25, 0.3) is 0 Å². The number of carbonyl (C=O) groups excluding carboxylic acids is 2. The van der Waals surface area contributed by atoms with E-state index in [1.807, 2.05) is 19.2 Å². The van der Waals surface area contributed by atoms with E-state index in [9.17, 15) is 9.59 Å². The van der Waals surface area contributed by atoms with Gasteiger partial charge in [-0.05, 0) is 18.9 Å². The lowest BCUT2D eigenvalue weighted by molar-refractivity contribution is -0.134. The first-order chi connectivity index (χ1) is 9.58. The monoisotopic (exact) mass is 275 g/mol. The zero-order chi connectivity index (χ0) is 14.7. The van der Waals surface area contributed by atoms with Crippen LogP contribution in [0.15, 0.2) is 24.3 Å². The molecule has 0 bridgehead atoms. The van der Waals surface area contributed by atoms with Crippen LogP contribution in [0.3, 0.4) is 0 Å². The number of ether oxygens (including phenoxy) is 1. The number of nitrogens with zero attached hydrogens (tertiary/aromatic N) is 1. The summed E-state index contributed by atoms with van der Waals surface area (Å²) in [4.78, 5) is 25.8. The Kier molecular flexibility index (Phi) is 4.42. The molecular formula is C16H21NO3. The van der Waals surface area contributed by atoms with Gasteiger partial charge in [0.15, 0.2) is 0 Å². The molecule has 1 aromatic rings. The Morgan fingerprint density at radius 3 is 2.60 bits per heavy atom. The average Bonchev–Trinajstić information content (AvgIpc) is 2.77. The molecule has 1 aliphatic heterocycles. The van der Waals surface area contributed by atoms with Crippen molar-refractivity contribution < 1.29 is 14.3 Å². The van der Waals surface area contributed by atoms with Gasteiger partial charge in [-0.2, -0.15) is 0 Å². The van der Waals surface area contributed by atoms with Crippen molar-refractivity contribution in [2.45, 2.75) is 45.3 Å². The molecule has 1 aromatic carbocycles. The van der Waals surface area contributed by atoms with E-state index in [-0.39, 0.29) is 24.3 Å². The number of carbonyl (C=O) groups is 2. The largest absolute Gasteiger partial charge is 0.453 e. The highest BCUT2D eigenvalue weighted by Crippen LogP contribution is 2.33. The Labute approximate surface area is 119 Å². The minimum absolute atomic E-state index is 0.0215. The molecule has 0 radical (unpaired) electrons. The van der Waals surface area contributed by atoms with E-state index in [2.05, 4.69) is 13.8 Å². The molecule has 0 fully saturated rings. The maximum absolute atomic E-state index is 12.3. The number of esters is 1. The van der Waals surface area contributed by atoms with Crippen LogP contribution in [0.25, 0.3) is 0 Å². The number of hydrogen-bond acceptors (Lipinski definition) is 3. The molecule has 4 heteroatoms. The van der Waals surface area contributed by atoms with Gasteiger partial charge in [0.2, 0.25) is 5.91 Å². The van der Waals surface area contributed by atoms with Gasteiger partial charge in [-0.1, -0.05) is 32.0 Å². The van der Waals surface area contributed by atoms with Crippen LogP contribution in [-0.2, 0) is 9.53 Å². The summed E-state index contributed by atoms with van der Waals surface area (Å²) in [5, 5.41) is 0. The number of rotatable bonds is 5. The summed E-state index contributed by atoms with van der Waals surface area (Å²) < 4.78 is 5.31. The number of benzene rings is 1. The first-order valence-electron chi connectivity index (χ1n) is 7.14. The van der Waals surface area contributed by atoms with E-state index in [0.29, 0.717) is 5.56 Å². The SMILES string of the molecule is CCC(CC)N(C)C(=O)C[C@H]1OC(=O)c2ccccc21. The van der Waals surface area contributed by atoms with E-state index in [0.717, 1.165) is 18.4 Å². The lowest BCUT2D eigenvalue weighted by Gasteiger charge is -2.27. The molecule has 0 unspecified atom stereocenters. The minimum atomic E-state index is -0.442. The summed E-state index contributed by atoms with van der Waals surface area (Å²) in [7, 11) is 1.82. The predicted octanol–water partition coefficient (Wildman–Crippen LogP) is 2.94. The zero-order valence-corrected chi connectivity index (χ0v) is 12.3. The van der Waals surface area contributed by atoms with E-state index in [4.69, 9.17) is 4.74 Å². The molecule has 0 aliphatic carbocycles. The van der Waals surface area contributed by atoms with Gasteiger partial charge in [-0.3, -0.25) is 4.79 Å². The molecule has 2 rings (SSSR count). The van der Waals surface area contributed by atoms with Crippen molar-refractivity contribution in [1.29, 1.82) is 0 Å². The first kappa shape index (κ1) is 14.6. The van der Waals surface area contributed by atoms with Crippen molar-refractivity contribution in [2.75, 3.05) is 7.05 Å². The molecule has 0 N–H and O–H groups in total. The van der Waals surface area contributed by atoms with Gasteiger partial charge >= 0.3 is 5.97 Å². The second-order valence-corrected chi connectivity index (χ2v) is 5.16. The van der Waals surface area contributed by atoms with Crippen LogP contribution in [0.1, 0.15) is 55.1 Å². The summed E-state index contributed by atoms with van der Waals surface area (Å²) in [5.41, 5.74) is 1.40. The van der Waals surface area contributed by atoms with Gasteiger partial charge in [-0.25, -0.2) is 4.79 Å². The number of cyclic esters (lactones) is 1. The highest BCUT2D eigenvalue weighted by Gasteiger charge is 2.33. The molecular weight excluding hydrogens is 254 g/mol. The van der Waals surface area contributed by atoms with Crippen LogP contribution >= 0.6 is 0 Å². The molecule has 20 heavy (non-hydrogen) atoms. The summed E-state index contributed by atoms with van der Waals surface area (Å²) >= 11 is 0. The van der Waals surface area contributed by atoms with Crippen molar-refractivity contribution in [1.82, 2.24) is 4.90 Å². The molecule has 1 atom stereocenters. The predicted molar refractivity (Wildman–Crippen MR) is 76.4 cm³/mol. The fraction of sp³-hybridized carbons (Fsp3) is 0.500. The van der Waals surface area contributed by atoms with E-state index in [1.54, 1.807) is 17.0 Å². The summed E-state index contributed by atoms with van der Waals surface area (Å²) in [6.07, 6.45) is 1.64. The Bertz CT molecular complexity index is 508. The Hall–Kier alpha value is -1.84. The molecule has 1 aliphatic rings. The summed E-state index contributed by atoms with van der Waals surface area (Å²) in [5.74, 6) is -0.309. The van der Waals surface area contributed by atoms with E-state index in [1.165, 1.54) is 0 Å².